The van der Waals surface area contributed by atoms with Gasteiger partial charge in [0.05, 0.1) is 19.8 Å². The third-order valence-corrected chi connectivity index (χ3v) is 3.55. The second-order valence-corrected chi connectivity index (χ2v) is 5.24. The highest BCUT2D eigenvalue weighted by Crippen LogP contribution is 2.41. The van der Waals surface area contributed by atoms with Gasteiger partial charge in [0.2, 0.25) is 5.75 Å². The maximum Gasteiger partial charge on any atom is 0.203 e. The van der Waals surface area contributed by atoms with Gasteiger partial charge in [-0.25, -0.2) is 0 Å². The molecule has 0 amide bonds. The molecule has 0 saturated heterocycles. The van der Waals surface area contributed by atoms with Crippen molar-refractivity contribution < 1.29 is 14.2 Å². The quantitative estimate of drug-likeness (QED) is 0.548. The van der Waals surface area contributed by atoms with Gasteiger partial charge in [0, 0.05) is 12.1 Å². The summed E-state index contributed by atoms with van der Waals surface area (Å²) >= 11 is 5.28. The Morgan fingerprint density at radius 1 is 1.12 bits per heavy atom. The Kier molecular flexibility index (Phi) is 6.43. The first kappa shape index (κ1) is 18.1. The number of aromatic nitrogens is 3. The van der Waals surface area contributed by atoms with Crippen molar-refractivity contribution in [3.05, 3.63) is 29.6 Å². The number of hydrogen-bond acceptors (Lipinski definition) is 5. The van der Waals surface area contributed by atoms with E-state index in [0.717, 1.165) is 5.56 Å². The van der Waals surface area contributed by atoms with E-state index >= 15 is 0 Å². The molecule has 0 saturated carbocycles. The lowest BCUT2D eigenvalue weighted by molar-refractivity contribution is 0.261. The molecule has 2 aromatic rings. The van der Waals surface area contributed by atoms with Crippen LogP contribution in [0.25, 0.3) is 11.4 Å². The molecule has 0 aliphatic rings. The van der Waals surface area contributed by atoms with Gasteiger partial charge < -0.3 is 14.2 Å². The number of nitrogens with one attached hydrogen (secondary N) is 1. The number of H-pyrrole nitrogens is 1. The summed E-state index contributed by atoms with van der Waals surface area (Å²) in [5.74, 6) is 2.55. The topological polar surface area (TPSA) is 61.3 Å². The fourth-order valence-electron chi connectivity index (χ4n) is 2.35. The van der Waals surface area contributed by atoms with Crippen LogP contribution >= 0.6 is 12.2 Å². The zero-order valence-electron chi connectivity index (χ0n) is 14.3. The molecule has 1 heterocycles. The summed E-state index contributed by atoms with van der Waals surface area (Å²) in [4.78, 5) is 0. The molecule has 1 N–H and O–H groups in total. The normalized spacial score (nSPS) is 10.5. The van der Waals surface area contributed by atoms with Gasteiger partial charge in [-0.3, -0.25) is 9.67 Å². The molecular weight excluding hydrogens is 326 g/mol. The van der Waals surface area contributed by atoms with Crippen LogP contribution in [0, 0.1) is 4.77 Å². The minimum atomic E-state index is 0.522. The first-order chi connectivity index (χ1) is 11.7. The Morgan fingerprint density at radius 2 is 1.71 bits per heavy atom. The Hall–Kier alpha value is -2.28. The van der Waals surface area contributed by atoms with Gasteiger partial charge in [0.15, 0.2) is 22.1 Å². The zero-order chi connectivity index (χ0) is 17.5. The van der Waals surface area contributed by atoms with E-state index in [-0.39, 0.29) is 0 Å². The van der Waals surface area contributed by atoms with Gasteiger partial charge in [0.1, 0.15) is 0 Å². The smallest absolute Gasteiger partial charge is 0.203 e. The number of nitrogens with zero attached hydrogens (tertiary/aromatic N) is 2. The van der Waals surface area contributed by atoms with E-state index in [4.69, 9.17) is 26.4 Å². The van der Waals surface area contributed by atoms with Gasteiger partial charge >= 0.3 is 0 Å². The van der Waals surface area contributed by atoms with Gasteiger partial charge in [-0.05, 0) is 45.1 Å². The molecule has 6 nitrogen and oxygen atoms in total. The molecule has 2 rings (SSSR count). The largest absolute Gasteiger partial charge is 0.490 e. The Balaban J connectivity index is 2.62. The van der Waals surface area contributed by atoms with Gasteiger partial charge in [-0.2, -0.15) is 5.10 Å². The van der Waals surface area contributed by atoms with Crippen molar-refractivity contribution >= 4 is 12.2 Å². The van der Waals surface area contributed by atoms with E-state index < -0.39 is 0 Å². The van der Waals surface area contributed by atoms with Crippen LogP contribution in [-0.4, -0.2) is 34.6 Å². The molecule has 0 fully saturated rings. The van der Waals surface area contributed by atoms with E-state index in [2.05, 4.69) is 16.8 Å². The highest BCUT2D eigenvalue weighted by Gasteiger charge is 2.18. The highest BCUT2D eigenvalue weighted by atomic mass is 32.1. The van der Waals surface area contributed by atoms with Crippen molar-refractivity contribution in [3.63, 3.8) is 0 Å². The number of allylic oxidation sites excluding steroid dienone is 1. The summed E-state index contributed by atoms with van der Waals surface area (Å²) < 4.78 is 19.6. The third-order valence-electron chi connectivity index (χ3n) is 3.24. The number of hydrogen-bond donors (Lipinski definition) is 1. The minimum absolute atomic E-state index is 0.522. The van der Waals surface area contributed by atoms with Crippen LogP contribution in [0.3, 0.4) is 0 Å². The minimum Gasteiger partial charge on any atom is -0.490 e. The number of benzene rings is 1. The van der Waals surface area contributed by atoms with Gasteiger partial charge in [0.25, 0.3) is 0 Å². The first-order valence-electron chi connectivity index (χ1n) is 7.99. The molecular formula is C17H23N3O3S. The molecule has 1 aromatic carbocycles. The molecule has 0 bridgehead atoms. The van der Waals surface area contributed by atoms with Crippen LogP contribution in [-0.2, 0) is 6.54 Å². The van der Waals surface area contributed by atoms with Crippen molar-refractivity contribution in [3.8, 4) is 28.6 Å². The molecule has 0 aliphatic carbocycles. The zero-order valence-corrected chi connectivity index (χ0v) is 15.1. The Morgan fingerprint density at radius 3 is 2.21 bits per heavy atom. The summed E-state index contributed by atoms with van der Waals surface area (Å²) in [6, 6.07) is 3.78. The van der Waals surface area contributed by atoms with Crippen molar-refractivity contribution in [2.24, 2.45) is 0 Å². The maximum absolute atomic E-state index is 5.75. The molecule has 0 atom stereocenters. The van der Waals surface area contributed by atoms with Crippen molar-refractivity contribution in [2.75, 3.05) is 19.8 Å². The lowest BCUT2D eigenvalue weighted by Gasteiger charge is -2.17. The molecule has 24 heavy (non-hydrogen) atoms. The van der Waals surface area contributed by atoms with Gasteiger partial charge in [-0.15, -0.1) is 6.58 Å². The third kappa shape index (κ3) is 3.79. The lowest BCUT2D eigenvalue weighted by atomic mass is 10.1. The summed E-state index contributed by atoms with van der Waals surface area (Å²) in [6.45, 7) is 11.7. The van der Waals surface area contributed by atoms with Crippen LogP contribution in [0.4, 0.5) is 0 Å². The second kappa shape index (κ2) is 8.54. The molecule has 0 spiro atoms. The average molecular weight is 349 g/mol. The molecule has 1 aromatic heterocycles. The van der Waals surface area contributed by atoms with Crippen LogP contribution in [0.5, 0.6) is 17.2 Å². The van der Waals surface area contributed by atoms with E-state index in [1.54, 1.807) is 6.08 Å². The second-order valence-electron chi connectivity index (χ2n) is 4.85. The predicted molar refractivity (Wildman–Crippen MR) is 96.6 cm³/mol. The summed E-state index contributed by atoms with van der Waals surface area (Å²) in [5.41, 5.74) is 0.833. The van der Waals surface area contributed by atoms with E-state index in [1.165, 1.54) is 0 Å². The molecule has 130 valence electrons. The fraction of sp³-hybridized carbons (Fsp3) is 0.412. The van der Waals surface area contributed by atoms with Crippen LogP contribution in [0.2, 0.25) is 0 Å². The predicted octanol–water partition coefficient (Wildman–Crippen LogP) is 3.99. The monoisotopic (exact) mass is 349 g/mol. The highest BCUT2D eigenvalue weighted by molar-refractivity contribution is 7.71. The Bertz CT molecular complexity index is 725. The average Bonchev–Trinajstić information content (AvgIpc) is 2.92. The van der Waals surface area contributed by atoms with E-state index in [1.807, 2.05) is 37.5 Å². The molecule has 0 radical (unpaired) electrons. The summed E-state index contributed by atoms with van der Waals surface area (Å²) in [7, 11) is 0. The van der Waals surface area contributed by atoms with Gasteiger partial charge in [-0.1, -0.05) is 6.08 Å². The molecule has 0 unspecified atom stereocenters. The summed E-state index contributed by atoms with van der Waals surface area (Å²) in [6.07, 6.45) is 1.77. The molecule has 7 heteroatoms. The number of aromatic amines is 1. The lowest BCUT2D eigenvalue weighted by Crippen LogP contribution is -2.04. The van der Waals surface area contributed by atoms with Crippen molar-refractivity contribution in [1.82, 2.24) is 14.8 Å². The Labute approximate surface area is 147 Å². The SMILES string of the molecule is C=CCn1c(-c2cc(OCC)c(OCC)c(OCC)c2)n[nH]c1=S. The van der Waals surface area contributed by atoms with E-state index in [9.17, 15) is 0 Å². The first-order valence-corrected chi connectivity index (χ1v) is 8.39. The van der Waals surface area contributed by atoms with Crippen molar-refractivity contribution in [1.29, 1.82) is 0 Å². The maximum atomic E-state index is 5.75. The van der Waals surface area contributed by atoms with Crippen molar-refractivity contribution in [2.45, 2.75) is 27.3 Å². The summed E-state index contributed by atoms with van der Waals surface area (Å²) in [5, 5.41) is 7.15. The number of rotatable bonds is 9. The van der Waals surface area contributed by atoms with Crippen LogP contribution < -0.4 is 14.2 Å². The van der Waals surface area contributed by atoms with E-state index in [0.29, 0.717) is 54.2 Å². The molecule has 0 aliphatic heterocycles. The van der Waals surface area contributed by atoms with Crippen LogP contribution in [0.15, 0.2) is 24.8 Å². The standard InChI is InChI=1S/C17H23N3O3S/c1-5-9-20-16(18-19-17(20)24)12-10-13(21-6-2)15(23-8-4)14(11-12)22-7-3/h5,10-11H,1,6-9H2,2-4H3,(H,19,24). The fourth-order valence-corrected chi connectivity index (χ4v) is 2.56. The van der Waals surface area contributed by atoms with Crippen LogP contribution in [0.1, 0.15) is 20.8 Å². The number of ether oxygens (including phenoxy) is 3.